The van der Waals surface area contributed by atoms with Crippen LogP contribution in [-0.2, 0) is 9.53 Å². The Morgan fingerprint density at radius 2 is 1.95 bits per heavy atom. The van der Waals surface area contributed by atoms with Gasteiger partial charge in [-0.05, 0) is 30.7 Å². The molecule has 0 atom stereocenters. The van der Waals surface area contributed by atoms with Crippen LogP contribution in [0, 0.1) is 11.3 Å². The molecule has 1 rings (SSSR count). The first kappa shape index (κ1) is 17.4. The van der Waals surface area contributed by atoms with E-state index in [0.717, 1.165) is 19.4 Å². The molecule has 1 fully saturated rings. The zero-order valence-corrected chi connectivity index (χ0v) is 13.5. The Hall–Kier alpha value is -0.610. The lowest BCUT2D eigenvalue weighted by molar-refractivity contribution is -0.135. The number of hydrogen-bond acceptors (Lipinski definition) is 3. The molecule has 0 aromatic heterocycles. The molecule has 0 aromatic rings. The van der Waals surface area contributed by atoms with Gasteiger partial charge in [-0.15, -0.1) is 0 Å². The summed E-state index contributed by atoms with van der Waals surface area (Å²) >= 11 is 0. The molecular weight excluding hydrogens is 252 g/mol. The summed E-state index contributed by atoms with van der Waals surface area (Å²) in [5, 5.41) is 0. The molecule has 4 nitrogen and oxygen atoms in total. The van der Waals surface area contributed by atoms with Crippen LogP contribution in [0.2, 0.25) is 0 Å². The maximum atomic E-state index is 12.6. The van der Waals surface area contributed by atoms with Crippen LogP contribution >= 0.6 is 0 Å². The summed E-state index contributed by atoms with van der Waals surface area (Å²) in [5.41, 5.74) is 6.05. The number of methoxy groups -OCH3 is 1. The molecule has 2 N–H and O–H groups in total. The van der Waals surface area contributed by atoms with Gasteiger partial charge in [-0.2, -0.15) is 0 Å². The maximum absolute atomic E-state index is 12.6. The van der Waals surface area contributed by atoms with Crippen LogP contribution in [0.25, 0.3) is 0 Å². The average Bonchev–Trinajstić information content (AvgIpc) is 2.44. The molecule has 20 heavy (non-hydrogen) atoms. The number of nitrogens with zero attached hydrogens (tertiary/aromatic N) is 1. The predicted octanol–water partition coefficient (Wildman–Crippen LogP) is 2.42. The lowest BCUT2D eigenvalue weighted by atomic mass is 9.71. The van der Waals surface area contributed by atoms with E-state index in [0.29, 0.717) is 32.0 Å². The van der Waals surface area contributed by atoms with Crippen molar-refractivity contribution in [3.8, 4) is 0 Å². The van der Waals surface area contributed by atoms with Crippen molar-refractivity contribution in [3.05, 3.63) is 0 Å². The highest BCUT2D eigenvalue weighted by Crippen LogP contribution is 2.38. The molecule has 0 spiro atoms. The third-order valence-electron chi connectivity index (χ3n) is 4.38. The van der Waals surface area contributed by atoms with Crippen LogP contribution in [0.1, 0.15) is 52.4 Å². The summed E-state index contributed by atoms with van der Waals surface area (Å²) in [6.07, 6.45) is 6.54. The van der Waals surface area contributed by atoms with Crippen molar-refractivity contribution >= 4 is 5.91 Å². The van der Waals surface area contributed by atoms with Crippen molar-refractivity contribution in [2.75, 3.05) is 33.4 Å². The number of nitrogens with two attached hydrogens (primary N) is 1. The van der Waals surface area contributed by atoms with Crippen LogP contribution in [-0.4, -0.2) is 44.2 Å². The number of carbonyl (C=O) groups is 1. The fourth-order valence-electron chi connectivity index (χ4n) is 3.15. The van der Waals surface area contributed by atoms with Crippen molar-refractivity contribution in [2.45, 2.75) is 52.4 Å². The SMILES string of the molecule is COCCN(CC(C)C)C(=O)CC1(CN)CCCCC1. The minimum absolute atomic E-state index is 0.0532. The number of rotatable bonds is 8. The zero-order chi connectivity index (χ0) is 15.0. The number of amides is 1. The molecular formula is C16H32N2O2. The number of ether oxygens (including phenoxy) is 1. The Morgan fingerprint density at radius 1 is 1.30 bits per heavy atom. The summed E-state index contributed by atoms with van der Waals surface area (Å²) in [7, 11) is 1.68. The monoisotopic (exact) mass is 284 g/mol. The second-order valence-electron chi connectivity index (χ2n) is 6.67. The maximum Gasteiger partial charge on any atom is 0.223 e. The Kier molecular flexibility index (Phi) is 7.52. The van der Waals surface area contributed by atoms with E-state index in [4.69, 9.17) is 10.5 Å². The predicted molar refractivity (Wildman–Crippen MR) is 82.5 cm³/mol. The Bertz CT molecular complexity index is 286. The van der Waals surface area contributed by atoms with E-state index in [1.54, 1.807) is 7.11 Å². The number of carbonyl (C=O) groups excluding carboxylic acids is 1. The van der Waals surface area contributed by atoms with Gasteiger partial charge in [-0.25, -0.2) is 0 Å². The summed E-state index contributed by atoms with van der Waals surface area (Å²) in [6, 6.07) is 0. The molecule has 0 saturated heterocycles. The fraction of sp³-hybridized carbons (Fsp3) is 0.938. The van der Waals surface area contributed by atoms with Crippen LogP contribution in [0.3, 0.4) is 0 Å². The van der Waals surface area contributed by atoms with E-state index in [1.165, 1.54) is 19.3 Å². The third-order valence-corrected chi connectivity index (χ3v) is 4.38. The molecule has 0 aliphatic heterocycles. The van der Waals surface area contributed by atoms with Crippen LogP contribution < -0.4 is 5.73 Å². The van der Waals surface area contributed by atoms with Crippen molar-refractivity contribution < 1.29 is 9.53 Å². The largest absolute Gasteiger partial charge is 0.383 e. The minimum atomic E-state index is 0.0532. The Balaban J connectivity index is 2.62. The highest BCUT2D eigenvalue weighted by atomic mass is 16.5. The second-order valence-corrected chi connectivity index (χ2v) is 6.67. The lowest BCUT2D eigenvalue weighted by Gasteiger charge is -2.37. The van der Waals surface area contributed by atoms with E-state index in [-0.39, 0.29) is 11.3 Å². The highest BCUT2D eigenvalue weighted by molar-refractivity contribution is 5.77. The smallest absolute Gasteiger partial charge is 0.223 e. The molecule has 1 aliphatic rings. The van der Waals surface area contributed by atoms with Gasteiger partial charge in [0, 0.05) is 26.6 Å². The van der Waals surface area contributed by atoms with Crippen molar-refractivity contribution in [1.29, 1.82) is 0 Å². The van der Waals surface area contributed by atoms with Crippen LogP contribution in [0.4, 0.5) is 0 Å². The Morgan fingerprint density at radius 3 is 2.45 bits per heavy atom. The molecule has 118 valence electrons. The van der Waals surface area contributed by atoms with Gasteiger partial charge in [0.25, 0.3) is 0 Å². The van der Waals surface area contributed by atoms with E-state index >= 15 is 0 Å². The number of hydrogen-bond donors (Lipinski definition) is 1. The summed E-state index contributed by atoms with van der Waals surface area (Å²) < 4.78 is 5.13. The molecule has 0 heterocycles. The summed E-state index contributed by atoms with van der Waals surface area (Å²) in [6.45, 7) is 7.03. The van der Waals surface area contributed by atoms with Gasteiger partial charge < -0.3 is 15.4 Å². The van der Waals surface area contributed by atoms with E-state index < -0.39 is 0 Å². The highest BCUT2D eigenvalue weighted by Gasteiger charge is 2.34. The molecule has 1 aliphatic carbocycles. The van der Waals surface area contributed by atoms with Gasteiger partial charge in [0.15, 0.2) is 0 Å². The van der Waals surface area contributed by atoms with E-state index in [2.05, 4.69) is 13.8 Å². The van der Waals surface area contributed by atoms with Gasteiger partial charge in [0.1, 0.15) is 0 Å². The van der Waals surface area contributed by atoms with Crippen LogP contribution in [0.5, 0.6) is 0 Å². The van der Waals surface area contributed by atoms with Gasteiger partial charge in [-0.3, -0.25) is 4.79 Å². The topological polar surface area (TPSA) is 55.6 Å². The Labute approximate surface area is 124 Å². The summed E-state index contributed by atoms with van der Waals surface area (Å²) in [5.74, 6) is 0.735. The normalized spacial score (nSPS) is 18.2. The van der Waals surface area contributed by atoms with Gasteiger partial charge in [0.05, 0.1) is 6.61 Å². The first-order chi connectivity index (χ1) is 9.53. The lowest BCUT2D eigenvalue weighted by Crippen LogP contribution is -2.42. The molecule has 0 bridgehead atoms. The van der Waals surface area contributed by atoms with Crippen molar-refractivity contribution in [2.24, 2.45) is 17.1 Å². The van der Waals surface area contributed by atoms with Gasteiger partial charge in [0.2, 0.25) is 5.91 Å². The van der Waals surface area contributed by atoms with Crippen LogP contribution in [0.15, 0.2) is 0 Å². The minimum Gasteiger partial charge on any atom is -0.383 e. The quantitative estimate of drug-likeness (QED) is 0.744. The molecule has 0 radical (unpaired) electrons. The molecule has 1 amide bonds. The first-order valence-electron chi connectivity index (χ1n) is 8.00. The zero-order valence-electron chi connectivity index (χ0n) is 13.5. The molecule has 0 aromatic carbocycles. The first-order valence-corrected chi connectivity index (χ1v) is 8.00. The van der Waals surface area contributed by atoms with Crippen molar-refractivity contribution in [3.63, 3.8) is 0 Å². The molecule has 1 saturated carbocycles. The standard InChI is InChI=1S/C16H32N2O2/c1-14(2)12-18(9-10-20-3)15(19)11-16(13-17)7-5-4-6-8-16/h14H,4-13,17H2,1-3H3. The van der Waals surface area contributed by atoms with Gasteiger partial charge in [-0.1, -0.05) is 33.1 Å². The molecule has 0 unspecified atom stereocenters. The summed E-state index contributed by atoms with van der Waals surface area (Å²) in [4.78, 5) is 14.6. The third kappa shape index (κ3) is 5.41. The molecule has 4 heteroatoms. The van der Waals surface area contributed by atoms with Gasteiger partial charge >= 0.3 is 0 Å². The fourth-order valence-corrected chi connectivity index (χ4v) is 3.15. The average molecular weight is 284 g/mol. The second kappa shape index (κ2) is 8.63. The van der Waals surface area contributed by atoms with E-state index in [1.807, 2.05) is 4.90 Å². The van der Waals surface area contributed by atoms with Crippen molar-refractivity contribution in [1.82, 2.24) is 4.90 Å². The van der Waals surface area contributed by atoms with E-state index in [9.17, 15) is 4.79 Å².